The van der Waals surface area contributed by atoms with Crippen LogP contribution in [0.25, 0.3) is 0 Å². The number of amides is 1. The van der Waals surface area contributed by atoms with Crippen LogP contribution in [0.15, 0.2) is 6.20 Å². The lowest BCUT2D eigenvalue weighted by atomic mass is 10.0. The van der Waals surface area contributed by atoms with Crippen molar-refractivity contribution in [2.45, 2.75) is 59.5 Å². The monoisotopic (exact) mass is 295 g/mol. The second kappa shape index (κ2) is 6.28. The van der Waals surface area contributed by atoms with E-state index in [4.69, 9.17) is 5.11 Å². The molecule has 1 aromatic rings. The summed E-state index contributed by atoms with van der Waals surface area (Å²) in [6.07, 6.45) is 2.24. The Morgan fingerprint density at radius 1 is 1.38 bits per heavy atom. The number of carboxylic acid groups (broad SMARTS) is 1. The summed E-state index contributed by atoms with van der Waals surface area (Å²) in [7, 11) is 0. The van der Waals surface area contributed by atoms with Gasteiger partial charge in [0, 0.05) is 6.04 Å². The Morgan fingerprint density at radius 2 is 1.95 bits per heavy atom. The molecule has 6 nitrogen and oxygen atoms in total. The minimum absolute atomic E-state index is 0.205. The van der Waals surface area contributed by atoms with Crippen LogP contribution in [0, 0.1) is 5.92 Å². The van der Waals surface area contributed by atoms with Crippen molar-refractivity contribution >= 4 is 11.9 Å². The summed E-state index contributed by atoms with van der Waals surface area (Å²) in [4.78, 5) is 23.3. The van der Waals surface area contributed by atoms with Gasteiger partial charge in [0.15, 0.2) is 0 Å². The van der Waals surface area contributed by atoms with Crippen molar-refractivity contribution < 1.29 is 14.7 Å². The second-order valence-corrected chi connectivity index (χ2v) is 6.33. The average molecular weight is 295 g/mol. The SMILES string of the molecule is CCc1c(C(=O)NC(C)C(C)C(=O)O)cnn1C(C)(C)C. The van der Waals surface area contributed by atoms with Crippen molar-refractivity contribution in [1.29, 1.82) is 0 Å². The van der Waals surface area contributed by atoms with E-state index in [9.17, 15) is 9.59 Å². The number of hydrogen-bond acceptors (Lipinski definition) is 3. The molecule has 2 atom stereocenters. The van der Waals surface area contributed by atoms with Gasteiger partial charge in [0.1, 0.15) is 0 Å². The highest BCUT2D eigenvalue weighted by atomic mass is 16.4. The lowest BCUT2D eigenvalue weighted by Gasteiger charge is -2.23. The van der Waals surface area contributed by atoms with E-state index in [1.807, 2.05) is 32.4 Å². The van der Waals surface area contributed by atoms with Crippen molar-refractivity contribution in [3.8, 4) is 0 Å². The molecule has 0 spiro atoms. The third-order valence-corrected chi connectivity index (χ3v) is 3.58. The van der Waals surface area contributed by atoms with Gasteiger partial charge in [-0.25, -0.2) is 0 Å². The quantitative estimate of drug-likeness (QED) is 0.870. The third-order valence-electron chi connectivity index (χ3n) is 3.58. The Bertz CT molecular complexity index is 529. The van der Waals surface area contributed by atoms with Gasteiger partial charge in [-0.1, -0.05) is 6.92 Å². The molecule has 118 valence electrons. The molecule has 0 aliphatic rings. The van der Waals surface area contributed by atoms with Gasteiger partial charge < -0.3 is 10.4 Å². The Hall–Kier alpha value is -1.85. The van der Waals surface area contributed by atoms with E-state index in [0.29, 0.717) is 12.0 Å². The van der Waals surface area contributed by atoms with Gasteiger partial charge in [-0.15, -0.1) is 0 Å². The number of carboxylic acids is 1. The first-order valence-corrected chi connectivity index (χ1v) is 7.20. The summed E-state index contributed by atoms with van der Waals surface area (Å²) < 4.78 is 1.84. The minimum atomic E-state index is -0.927. The highest BCUT2D eigenvalue weighted by Crippen LogP contribution is 2.20. The number of rotatable bonds is 5. The zero-order chi connectivity index (χ0) is 16.4. The molecule has 0 radical (unpaired) electrons. The van der Waals surface area contributed by atoms with Crippen LogP contribution in [-0.2, 0) is 16.8 Å². The van der Waals surface area contributed by atoms with Crippen LogP contribution in [0.2, 0.25) is 0 Å². The Balaban J connectivity index is 2.99. The van der Waals surface area contributed by atoms with Crippen LogP contribution in [-0.4, -0.2) is 32.8 Å². The van der Waals surface area contributed by atoms with Crippen LogP contribution in [0.4, 0.5) is 0 Å². The molecule has 0 aliphatic heterocycles. The molecule has 0 fully saturated rings. The number of aliphatic carboxylic acids is 1. The average Bonchev–Trinajstić information content (AvgIpc) is 2.80. The first-order valence-electron chi connectivity index (χ1n) is 7.20. The standard InChI is InChI=1S/C15H25N3O3/c1-7-12-11(8-16-18(12)15(4,5)6)13(19)17-10(3)9(2)14(20)21/h8-10H,7H2,1-6H3,(H,17,19)(H,20,21). The molecule has 0 saturated heterocycles. The fraction of sp³-hybridized carbons (Fsp3) is 0.667. The lowest BCUT2D eigenvalue weighted by molar-refractivity contribution is -0.141. The van der Waals surface area contributed by atoms with Crippen LogP contribution in [0.1, 0.15) is 57.6 Å². The molecule has 1 heterocycles. The molecule has 0 aromatic carbocycles. The summed E-state index contributed by atoms with van der Waals surface area (Å²) in [6.45, 7) is 11.3. The summed E-state index contributed by atoms with van der Waals surface area (Å²) in [5.41, 5.74) is 1.16. The van der Waals surface area contributed by atoms with Gasteiger partial charge in [-0.3, -0.25) is 14.3 Å². The number of carbonyl (C=O) groups is 2. The zero-order valence-corrected chi connectivity index (χ0v) is 13.6. The van der Waals surface area contributed by atoms with Gasteiger partial charge in [-0.2, -0.15) is 5.10 Å². The molecule has 0 saturated carbocycles. The van der Waals surface area contributed by atoms with E-state index in [2.05, 4.69) is 10.4 Å². The van der Waals surface area contributed by atoms with E-state index >= 15 is 0 Å². The Morgan fingerprint density at radius 3 is 2.38 bits per heavy atom. The maximum Gasteiger partial charge on any atom is 0.308 e. The van der Waals surface area contributed by atoms with E-state index in [1.54, 1.807) is 20.0 Å². The molecular weight excluding hydrogens is 270 g/mol. The summed E-state index contributed by atoms with van der Waals surface area (Å²) in [6, 6.07) is -0.447. The second-order valence-electron chi connectivity index (χ2n) is 6.33. The minimum Gasteiger partial charge on any atom is -0.481 e. The van der Waals surface area contributed by atoms with Gasteiger partial charge in [0.2, 0.25) is 0 Å². The molecule has 2 unspecified atom stereocenters. The maximum absolute atomic E-state index is 12.3. The third kappa shape index (κ3) is 3.83. The van der Waals surface area contributed by atoms with Gasteiger partial charge >= 0.3 is 5.97 Å². The normalized spacial score (nSPS) is 14.6. The molecule has 2 N–H and O–H groups in total. The van der Waals surface area contributed by atoms with Crippen molar-refractivity contribution in [1.82, 2.24) is 15.1 Å². The lowest BCUT2D eigenvalue weighted by Crippen LogP contribution is -2.40. The zero-order valence-electron chi connectivity index (χ0n) is 13.6. The largest absolute Gasteiger partial charge is 0.481 e. The van der Waals surface area contributed by atoms with Gasteiger partial charge in [0.25, 0.3) is 5.91 Å². The fourth-order valence-electron chi connectivity index (χ4n) is 2.11. The van der Waals surface area contributed by atoms with Crippen molar-refractivity contribution in [3.05, 3.63) is 17.5 Å². The van der Waals surface area contributed by atoms with Crippen molar-refractivity contribution in [3.63, 3.8) is 0 Å². The van der Waals surface area contributed by atoms with E-state index in [-0.39, 0.29) is 11.4 Å². The highest BCUT2D eigenvalue weighted by molar-refractivity contribution is 5.95. The van der Waals surface area contributed by atoms with Crippen LogP contribution in [0.5, 0.6) is 0 Å². The van der Waals surface area contributed by atoms with Gasteiger partial charge in [0.05, 0.1) is 28.9 Å². The van der Waals surface area contributed by atoms with Crippen molar-refractivity contribution in [2.24, 2.45) is 5.92 Å². The number of aromatic nitrogens is 2. The van der Waals surface area contributed by atoms with Crippen LogP contribution in [0.3, 0.4) is 0 Å². The Labute approximate surface area is 125 Å². The smallest absolute Gasteiger partial charge is 0.308 e. The van der Waals surface area contributed by atoms with E-state index in [1.165, 1.54) is 0 Å². The van der Waals surface area contributed by atoms with Crippen LogP contribution >= 0.6 is 0 Å². The first kappa shape index (κ1) is 17.2. The first-order chi connectivity index (χ1) is 9.59. The van der Waals surface area contributed by atoms with Crippen molar-refractivity contribution in [2.75, 3.05) is 0 Å². The highest BCUT2D eigenvalue weighted by Gasteiger charge is 2.26. The van der Waals surface area contributed by atoms with Crippen LogP contribution < -0.4 is 5.32 Å². The Kier molecular flexibility index (Phi) is 5.15. The fourth-order valence-corrected chi connectivity index (χ4v) is 2.11. The van der Waals surface area contributed by atoms with Gasteiger partial charge in [-0.05, 0) is 41.0 Å². The molecule has 21 heavy (non-hydrogen) atoms. The summed E-state index contributed by atoms with van der Waals surface area (Å²) in [5.74, 6) is -1.84. The number of hydrogen-bond donors (Lipinski definition) is 2. The summed E-state index contributed by atoms with van der Waals surface area (Å²) in [5, 5.41) is 16.0. The number of nitrogens with zero attached hydrogens (tertiary/aromatic N) is 2. The van der Waals surface area contributed by atoms with E-state index in [0.717, 1.165) is 5.69 Å². The summed E-state index contributed by atoms with van der Waals surface area (Å²) >= 11 is 0. The molecule has 6 heteroatoms. The molecule has 1 amide bonds. The van der Waals surface area contributed by atoms with E-state index < -0.39 is 17.9 Å². The molecule has 1 aromatic heterocycles. The molecule has 0 bridgehead atoms. The molecular formula is C15H25N3O3. The topological polar surface area (TPSA) is 84.2 Å². The maximum atomic E-state index is 12.3. The number of nitrogens with one attached hydrogen (secondary N) is 1. The molecule has 0 aliphatic carbocycles. The number of carbonyl (C=O) groups excluding carboxylic acids is 1. The predicted molar refractivity (Wildman–Crippen MR) is 80.3 cm³/mol. The molecule has 1 rings (SSSR count). The predicted octanol–water partition coefficient (Wildman–Crippen LogP) is 2.04.